The third kappa shape index (κ3) is 3.81. The van der Waals surface area contributed by atoms with E-state index in [0.717, 1.165) is 56.4 Å². The SMILES string of the molecule is O=C1CCC2(CCCN(Cc3noc(C4CC4)n3)C2)CN1Cc1ccccn1. The van der Waals surface area contributed by atoms with Gasteiger partial charge in [0.15, 0.2) is 5.82 Å². The standard InChI is InChI=1S/C21H27N5O2/c27-19-7-9-21(15-26(19)12-17-4-1-2-10-22-17)8-3-11-25(14-21)13-18-23-20(28-24-18)16-5-6-16/h1-2,4,10,16H,3,5-9,11-15H2. The van der Waals surface area contributed by atoms with Crippen molar-refractivity contribution in [2.45, 2.75) is 57.5 Å². The van der Waals surface area contributed by atoms with E-state index in [0.29, 0.717) is 18.9 Å². The molecule has 3 fully saturated rings. The number of rotatable bonds is 5. The Labute approximate surface area is 165 Å². The van der Waals surface area contributed by atoms with Gasteiger partial charge in [-0.2, -0.15) is 4.98 Å². The third-order valence-corrected chi connectivity index (χ3v) is 6.34. The smallest absolute Gasteiger partial charge is 0.229 e. The summed E-state index contributed by atoms with van der Waals surface area (Å²) < 4.78 is 5.42. The molecule has 1 aliphatic carbocycles. The number of likely N-dealkylation sites (tertiary alicyclic amines) is 2. The lowest BCUT2D eigenvalue weighted by molar-refractivity contribution is -0.140. The second kappa shape index (κ2) is 7.28. The zero-order valence-electron chi connectivity index (χ0n) is 16.2. The zero-order valence-corrected chi connectivity index (χ0v) is 16.2. The van der Waals surface area contributed by atoms with E-state index in [4.69, 9.17) is 4.52 Å². The number of piperidine rings is 2. The molecule has 2 saturated heterocycles. The average Bonchev–Trinajstić information content (AvgIpc) is 3.46. The number of carbonyl (C=O) groups excluding carboxylic acids is 1. The second-order valence-electron chi connectivity index (χ2n) is 8.71. The van der Waals surface area contributed by atoms with Crippen LogP contribution in [0, 0.1) is 5.41 Å². The predicted octanol–water partition coefficient (Wildman–Crippen LogP) is 2.75. The molecule has 0 aromatic carbocycles. The van der Waals surface area contributed by atoms with Crippen molar-refractivity contribution in [3.05, 3.63) is 41.8 Å². The molecule has 7 heteroatoms. The van der Waals surface area contributed by atoms with Crippen LogP contribution in [0.15, 0.2) is 28.9 Å². The first kappa shape index (κ1) is 17.8. The maximum Gasteiger partial charge on any atom is 0.229 e. The Hall–Kier alpha value is -2.28. The maximum atomic E-state index is 12.5. The lowest BCUT2D eigenvalue weighted by Crippen LogP contribution is -2.53. The Morgan fingerprint density at radius 3 is 2.93 bits per heavy atom. The Balaban J connectivity index is 1.25. The van der Waals surface area contributed by atoms with E-state index in [1.165, 1.54) is 19.3 Å². The van der Waals surface area contributed by atoms with Crippen molar-refractivity contribution >= 4 is 5.91 Å². The highest BCUT2D eigenvalue weighted by molar-refractivity contribution is 5.77. The number of hydrogen-bond donors (Lipinski definition) is 0. The summed E-state index contributed by atoms with van der Waals surface area (Å²) in [6.07, 6.45) is 8.08. The zero-order chi connectivity index (χ0) is 19.0. The van der Waals surface area contributed by atoms with Gasteiger partial charge in [0.2, 0.25) is 11.8 Å². The first-order valence-corrected chi connectivity index (χ1v) is 10.4. The van der Waals surface area contributed by atoms with Crippen LogP contribution in [0.4, 0.5) is 0 Å². The van der Waals surface area contributed by atoms with E-state index in [9.17, 15) is 4.79 Å². The lowest BCUT2D eigenvalue weighted by atomic mass is 9.73. The van der Waals surface area contributed by atoms with Crippen LogP contribution in [-0.4, -0.2) is 50.5 Å². The minimum atomic E-state index is 0.171. The minimum Gasteiger partial charge on any atom is -0.339 e. The molecule has 28 heavy (non-hydrogen) atoms. The normalized spacial score (nSPS) is 26.1. The predicted molar refractivity (Wildman–Crippen MR) is 102 cm³/mol. The van der Waals surface area contributed by atoms with Gasteiger partial charge in [-0.25, -0.2) is 0 Å². The number of amides is 1. The van der Waals surface area contributed by atoms with Gasteiger partial charge < -0.3 is 9.42 Å². The number of carbonyl (C=O) groups is 1. The van der Waals surface area contributed by atoms with Crippen molar-refractivity contribution in [2.75, 3.05) is 19.6 Å². The van der Waals surface area contributed by atoms with Gasteiger partial charge in [-0.05, 0) is 50.8 Å². The molecule has 7 nitrogen and oxygen atoms in total. The van der Waals surface area contributed by atoms with Crippen LogP contribution < -0.4 is 0 Å². The van der Waals surface area contributed by atoms with Crippen molar-refractivity contribution < 1.29 is 9.32 Å². The number of aromatic nitrogens is 3. The van der Waals surface area contributed by atoms with E-state index in [1.54, 1.807) is 6.20 Å². The molecule has 2 aromatic heterocycles. The van der Waals surface area contributed by atoms with Gasteiger partial charge in [0.1, 0.15) is 0 Å². The van der Waals surface area contributed by atoms with E-state index in [2.05, 4.69) is 20.0 Å². The molecule has 1 atom stereocenters. The summed E-state index contributed by atoms with van der Waals surface area (Å²) in [5.74, 6) is 2.36. The molecule has 1 saturated carbocycles. The molecule has 1 unspecified atom stereocenters. The molecule has 3 aliphatic rings. The minimum absolute atomic E-state index is 0.171. The summed E-state index contributed by atoms with van der Waals surface area (Å²) >= 11 is 0. The van der Waals surface area contributed by atoms with Crippen molar-refractivity contribution in [1.29, 1.82) is 0 Å². The van der Waals surface area contributed by atoms with Crippen molar-refractivity contribution in [1.82, 2.24) is 24.9 Å². The molecule has 5 rings (SSSR count). The molecule has 1 amide bonds. The first-order valence-electron chi connectivity index (χ1n) is 10.4. The van der Waals surface area contributed by atoms with Gasteiger partial charge in [-0.15, -0.1) is 0 Å². The van der Waals surface area contributed by atoms with Crippen LogP contribution in [0.5, 0.6) is 0 Å². The quantitative estimate of drug-likeness (QED) is 0.793. The fraction of sp³-hybridized carbons (Fsp3) is 0.619. The molecule has 2 aliphatic heterocycles. The Morgan fingerprint density at radius 1 is 1.18 bits per heavy atom. The van der Waals surface area contributed by atoms with Crippen LogP contribution in [0.25, 0.3) is 0 Å². The lowest BCUT2D eigenvalue weighted by Gasteiger charge is -2.48. The van der Waals surface area contributed by atoms with Gasteiger partial charge >= 0.3 is 0 Å². The number of nitrogens with zero attached hydrogens (tertiary/aromatic N) is 5. The summed E-state index contributed by atoms with van der Waals surface area (Å²) in [6.45, 7) is 4.22. The highest BCUT2D eigenvalue weighted by Gasteiger charge is 2.42. The molecule has 2 aromatic rings. The van der Waals surface area contributed by atoms with Crippen LogP contribution in [0.2, 0.25) is 0 Å². The molecule has 4 heterocycles. The summed E-state index contributed by atoms with van der Waals surface area (Å²) in [6, 6.07) is 5.89. The van der Waals surface area contributed by atoms with E-state index in [-0.39, 0.29) is 11.3 Å². The van der Waals surface area contributed by atoms with Crippen molar-refractivity contribution in [2.24, 2.45) is 5.41 Å². The van der Waals surface area contributed by atoms with Gasteiger partial charge in [-0.3, -0.25) is 14.7 Å². The molecule has 0 bridgehead atoms. The Morgan fingerprint density at radius 2 is 2.11 bits per heavy atom. The Bertz CT molecular complexity index is 834. The van der Waals surface area contributed by atoms with Gasteiger partial charge in [0.05, 0.1) is 18.8 Å². The van der Waals surface area contributed by atoms with Crippen LogP contribution in [0.1, 0.15) is 61.9 Å². The molecule has 1 spiro atoms. The van der Waals surface area contributed by atoms with Crippen LogP contribution in [0.3, 0.4) is 0 Å². The molecular formula is C21H27N5O2. The monoisotopic (exact) mass is 381 g/mol. The second-order valence-corrected chi connectivity index (χ2v) is 8.71. The molecule has 0 N–H and O–H groups in total. The number of hydrogen-bond acceptors (Lipinski definition) is 6. The first-order chi connectivity index (χ1) is 13.7. The van der Waals surface area contributed by atoms with Gasteiger partial charge in [0, 0.05) is 37.0 Å². The molecule has 148 valence electrons. The van der Waals surface area contributed by atoms with Gasteiger partial charge in [-0.1, -0.05) is 11.2 Å². The molecular weight excluding hydrogens is 354 g/mol. The van der Waals surface area contributed by atoms with E-state index in [1.807, 2.05) is 23.1 Å². The highest BCUT2D eigenvalue weighted by Crippen LogP contribution is 2.40. The van der Waals surface area contributed by atoms with Crippen LogP contribution >= 0.6 is 0 Å². The fourth-order valence-electron chi connectivity index (χ4n) is 4.74. The fourth-order valence-corrected chi connectivity index (χ4v) is 4.74. The Kier molecular flexibility index (Phi) is 4.62. The van der Waals surface area contributed by atoms with Crippen LogP contribution in [-0.2, 0) is 17.9 Å². The van der Waals surface area contributed by atoms with Crippen molar-refractivity contribution in [3.8, 4) is 0 Å². The topological polar surface area (TPSA) is 75.4 Å². The summed E-state index contributed by atoms with van der Waals surface area (Å²) in [5, 5.41) is 4.19. The largest absolute Gasteiger partial charge is 0.339 e. The van der Waals surface area contributed by atoms with Crippen molar-refractivity contribution in [3.63, 3.8) is 0 Å². The summed E-state index contributed by atoms with van der Waals surface area (Å²) in [5.41, 5.74) is 1.13. The van der Waals surface area contributed by atoms with E-state index < -0.39 is 0 Å². The summed E-state index contributed by atoms with van der Waals surface area (Å²) in [4.78, 5) is 26.0. The molecule has 0 radical (unpaired) electrons. The van der Waals surface area contributed by atoms with Gasteiger partial charge in [0.25, 0.3) is 0 Å². The average molecular weight is 381 g/mol. The highest BCUT2D eigenvalue weighted by atomic mass is 16.5. The third-order valence-electron chi connectivity index (χ3n) is 6.34. The number of pyridine rings is 1. The van der Waals surface area contributed by atoms with E-state index >= 15 is 0 Å². The maximum absolute atomic E-state index is 12.5. The summed E-state index contributed by atoms with van der Waals surface area (Å²) in [7, 11) is 0.